The molecule has 1 saturated heterocycles. The third-order valence-corrected chi connectivity index (χ3v) is 2.68. The van der Waals surface area contributed by atoms with Gasteiger partial charge >= 0.3 is 0 Å². The molecule has 1 atom stereocenters. The molecule has 1 aliphatic rings. The lowest BCUT2D eigenvalue weighted by atomic mass is 10.2. The van der Waals surface area contributed by atoms with E-state index in [0.29, 0.717) is 24.5 Å². The quantitative estimate of drug-likeness (QED) is 0.804. The minimum Gasteiger partial charge on any atom is -0.546 e. The number of carbonyl (C=O) groups excluding carboxylic acids is 2. The predicted octanol–water partition coefficient (Wildman–Crippen LogP) is -0.0672. The van der Waals surface area contributed by atoms with Crippen molar-refractivity contribution in [3.05, 3.63) is 24.3 Å². The zero-order valence-corrected chi connectivity index (χ0v) is 10.3. The second kappa shape index (κ2) is 6.19. The molecular weight excluding hydrogens is 250 g/mol. The van der Waals surface area contributed by atoms with E-state index in [9.17, 15) is 14.7 Å². The van der Waals surface area contributed by atoms with Crippen LogP contribution in [0, 0.1) is 0 Å². The summed E-state index contributed by atoms with van der Waals surface area (Å²) in [7, 11) is 0. The fourth-order valence-electron chi connectivity index (χ4n) is 1.81. The van der Waals surface area contributed by atoms with Gasteiger partial charge in [-0.2, -0.15) is 0 Å². The Bertz CT molecular complexity index is 468. The van der Waals surface area contributed by atoms with Gasteiger partial charge in [-0.25, -0.2) is 0 Å². The number of carbonyl (C=O) groups is 2. The molecule has 1 aliphatic heterocycles. The Morgan fingerprint density at radius 3 is 3.00 bits per heavy atom. The van der Waals surface area contributed by atoms with E-state index in [0.717, 1.165) is 6.42 Å². The third-order valence-electron chi connectivity index (χ3n) is 2.68. The maximum atomic E-state index is 11.8. The lowest BCUT2D eigenvalue weighted by Crippen LogP contribution is -2.29. The van der Waals surface area contributed by atoms with E-state index >= 15 is 0 Å². The molecule has 6 nitrogen and oxygen atoms in total. The first kappa shape index (κ1) is 13.4. The van der Waals surface area contributed by atoms with Crippen molar-refractivity contribution in [3.63, 3.8) is 0 Å². The molecule has 0 radical (unpaired) electrons. The van der Waals surface area contributed by atoms with Crippen LogP contribution in [0.15, 0.2) is 24.3 Å². The maximum absolute atomic E-state index is 11.8. The van der Waals surface area contributed by atoms with Gasteiger partial charge in [0.05, 0.1) is 5.97 Å². The highest BCUT2D eigenvalue weighted by molar-refractivity contribution is 5.94. The summed E-state index contributed by atoms with van der Waals surface area (Å²) in [6.45, 7) is 0.0794. The van der Waals surface area contributed by atoms with Gasteiger partial charge in [-0.05, 0) is 25.0 Å². The Balaban J connectivity index is 1.94. The van der Waals surface area contributed by atoms with E-state index in [1.807, 2.05) is 0 Å². The van der Waals surface area contributed by atoms with Gasteiger partial charge in [-0.15, -0.1) is 0 Å². The second-order valence-corrected chi connectivity index (χ2v) is 4.18. The third kappa shape index (κ3) is 3.96. The lowest BCUT2D eigenvalue weighted by Gasteiger charge is -2.12. The number of anilines is 1. The molecule has 19 heavy (non-hydrogen) atoms. The van der Waals surface area contributed by atoms with Gasteiger partial charge in [0.2, 0.25) is 0 Å². The number of carboxylic acids is 1. The van der Waals surface area contributed by atoms with Crippen LogP contribution in [0.3, 0.4) is 0 Å². The van der Waals surface area contributed by atoms with E-state index < -0.39 is 18.7 Å². The molecule has 2 rings (SSSR count). The van der Waals surface area contributed by atoms with E-state index in [-0.39, 0.29) is 5.91 Å². The number of aliphatic carboxylic acids is 1. The summed E-state index contributed by atoms with van der Waals surface area (Å²) < 4.78 is 10.2. The van der Waals surface area contributed by atoms with Gasteiger partial charge < -0.3 is 24.7 Å². The number of ether oxygens (including phenoxy) is 2. The van der Waals surface area contributed by atoms with Crippen LogP contribution in [0.25, 0.3) is 0 Å². The van der Waals surface area contributed by atoms with Crippen LogP contribution in [0.5, 0.6) is 5.75 Å². The molecule has 0 unspecified atom stereocenters. The average Bonchev–Trinajstić information content (AvgIpc) is 2.91. The average molecular weight is 264 g/mol. The fourth-order valence-corrected chi connectivity index (χ4v) is 1.81. The SMILES string of the molecule is O=C([O-])COc1cccc(NC(=O)[C@H]2CCCO2)c1. The standard InChI is InChI=1S/C13H15NO5/c15-12(16)8-19-10-4-1-3-9(7-10)14-13(17)11-5-2-6-18-11/h1,3-4,7,11H,2,5-6,8H2,(H,14,17)(H,15,16)/p-1/t11-/m1/s1. The van der Waals surface area contributed by atoms with E-state index in [2.05, 4.69) is 5.32 Å². The van der Waals surface area contributed by atoms with Crippen molar-refractivity contribution >= 4 is 17.6 Å². The van der Waals surface area contributed by atoms with E-state index in [1.165, 1.54) is 0 Å². The molecule has 0 aliphatic carbocycles. The van der Waals surface area contributed by atoms with Crippen LogP contribution >= 0.6 is 0 Å². The minimum absolute atomic E-state index is 0.199. The van der Waals surface area contributed by atoms with Crippen molar-refractivity contribution in [2.75, 3.05) is 18.5 Å². The summed E-state index contributed by atoms with van der Waals surface area (Å²) >= 11 is 0. The molecule has 102 valence electrons. The summed E-state index contributed by atoms with van der Waals surface area (Å²) in [4.78, 5) is 22.1. The molecule has 6 heteroatoms. The summed E-state index contributed by atoms with van der Waals surface area (Å²) in [5, 5.41) is 13.0. The van der Waals surface area contributed by atoms with Crippen molar-refractivity contribution in [3.8, 4) is 5.75 Å². The van der Waals surface area contributed by atoms with Crippen molar-refractivity contribution in [2.45, 2.75) is 18.9 Å². The summed E-state index contributed by atoms with van der Waals surface area (Å²) in [5.41, 5.74) is 0.538. The topological polar surface area (TPSA) is 87.7 Å². The second-order valence-electron chi connectivity index (χ2n) is 4.18. The largest absolute Gasteiger partial charge is 0.546 e. The van der Waals surface area contributed by atoms with Crippen molar-refractivity contribution < 1.29 is 24.2 Å². The van der Waals surface area contributed by atoms with Crippen LogP contribution < -0.4 is 15.2 Å². The normalized spacial score (nSPS) is 18.0. The monoisotopic (exact) mass is 264 g/mol. The molecule has 0 saturated carbocycles. The first-order valence-electron chi connectivity index (χ1n) is 6.00. The van der Waals surface area contributed by atoms with Gasteiger partial charge in [0, 0.05) is 18.4 Å². The van der Waals surface area contributed by atoms with Crippen molar-refractivity contribution in [2.24, 2.45) is 0 Å². The molecule has 1 fully saturated rings. The molecule has 1 N–H and O–H groups in total. The Morgan fingerprint density at radius 2 is 2.32 bits per heavy atom. The molecule has 1 heterocycles. The predicted molar refractivity (Wildman–Crippen MR) is 64.5 cm³/mol. The number of rotatable bonds is 5. The number of hydrogen-bond donors (Lipinski definition) is 1. The van der Waals surface area contributed by atoms with Gasteiger partial charge in [-0.3, -0.25) is 4.79 Å². The highest BCUT2D eigenvalue weighted by Gasteiger charge is 2.23. The molecule has 0 aromatic heterocycles. The summed E-state index contributed by atoms with van der Waals surface area (Å²) in [6, 6.07) is 6.51. The Morgan fingerprint density at radius 1 is 1.47 bits per heavy atom. The molecule has 0 bridgehead atoms. The number of carboxylic acid groups (broad SMARTS) is 1. The lowest BCUT2D eigenvalue weighted by molar-refractivity contribution is -0.307. The van der Waals surface area contributed by atoms with Gasteiger partial charge in [0.25, 0.3) is 5.91 Å². The van der Waals surface area contributed by atoms with E-state index in [4.69, 9.17) is 9.47 Å². The van der Waals surface area contributed by atoms with Gasteiger partial charge in [0.15, 0.2) is 0 Å². The van der Waals surface area contributed by atoms with Crippen molar-refractivity contribution in [1.29, 1.82) is 0 Å². The highest BCUT2D eigenvalue weighted by atomic mass is 16.5. The maximum Gasteiger partial charge on any atom is 0.253 e. The van der Waals surface area contributed by atoms with Crippen LogP contribution in [0.4, 0.5) is 5.69 Å². The van der Waals surface area contributed by atoms with Gasteiger partial charge in [0.1, 0.15) is 18.5 Å². The zero-order chi connectivity index (χ0) is 13.7. The first-order chi connectivity index (χ1) is 9.15. The number of hydrogen-bond acceptors (Lipinski definition) is 5. The van der Waals surface area contributed by atoms with Gasteiger partial charge in [-0.1, -0.05) is 6.07 Å². The Kier molecular flexibility index (Phi) is 4.35. The summed E-state index contributed by atoms with van der Waals surface area (Å²) in [6.07, 6.45) is 1.19. The highest BCUT2D eigenvalue weighted by Crippen LogP contribution is 2.19. The fraction of sp³-hybridized carbons (Fsp3) is 0.385. The number of benzene rings is 1. The van der Waals surface area contributed by atoms with Crippen molar-refractivity contribution in [1.82, 2.24) is 0 Å². The number of nitrogens with one attached hydrogen (secondary N) is 1. The molecule has 1 aromatic carbocycles. The minimum atomic E-state index is -1.30. The van der Waals surface area contributed by atoms with Crippen LogP contribution in [0.2, 0.25) is 0 Å². The molecule has 1 aromatic rings. The Hall–Kier alpha value is -2.08. The summed E-state index contributed by atoms with van der Waals surface area (Å²) in [5.74, 6) is -1.14. The van der Waals surface area contributed by atoms with Crippen LogP contribution in [-0.2, 0) is 14.3 Å². The Labute approximate surface area is 110 Å². The molecule has 0 spiro atoms. The number of amides is 1. The molecular formula is C13H14NO5-. The van der Waals surface area contributed by atoms with E-state index in [1.54, 1.807) is 24.3 Å². The smallest absolute Gasteiger partial charge is 0.253 e. The first-order valence-corrected chi connectivity index (χ1v) is 6.00. The van der Waals surface area contributed by atoms with Crippen LogP contribution in [-0.4, -0.2) is 31.2 Å². The zero-order valence-electron chi connectivity index (χ0n) is 10.3. The molecule has 1 amide bonds. The van der Waals surface area contributed by atoms with Crippen LogP contribution in [0.1, 0.15) is 12.8 Å².